The second-order valence-electron chi connectivity index (χ2n) is 9.64. The highest BCUT2D eigenvalue weighted by atomic mass is 32.2. The number of rotatable bonds is 13. The van der Waals surface area contributed by atoms with E-state index in [9.17, 15) is 22.4 Å². The Kier molecular flexibility index (Phi) is 10.7. The number of anilines is 1. The van der Waals surface area contributed by atoms with Crippen molar-refractivity contribution in [1.29, 1.82) is 0 Å². The molecule has 0 aromatic heterocycles. The van der Waals surface area contributed by atoms with Crippen molar-refractivity contribution in [1.82, 2.24) is 10.2 Å². The molecule has 0 aliphatic rings. The summed E-state index contributed by atoms with van der Waals surface area (Å²) in [5, 5.41) is 2.98. The Hall–Kier alpha value is -3.92. The minimum Gasteiger partial charge on any atom is -0.497 e. The van der Waals surface area contributed by atoms with Gasteiger partial charge in [0.15, 0.2) is 0 Å². The monoisotopic (exact) mass is 569 g/mol. The first-order chi connectivity index (χ1) is 19.0. The molecule has 0 saturated carbocycles. The lowest BCUT2D eigenvalue weighted by atomic mass is 10.0. The van der Waals surface area contributed by atoms with Crippen LogP contribution in [0.15, 0.2) is 78.9 Å². The third kappa shape index (κ3) is 8.54. The smallest absolute Gasteiger partial charge is 0.244 e. The molecule has 0 aliphatic heterocycles. The summed E-state index contributed by atoms with van der Waals surface area (Å²) in [6, 6.07) is 20.2. The molecule has 8 nitrogen and oxygen atoms in total. The number of nitrogens with one attached hydrogen (secondary N) is 1. The van der Waals surface area contributed by atoms with E-state index >= 15 is 0 Å². The Morgan fingerprint density at radius 1 is 0.975 bits per heavy atom. The van der Waals surface area contributed by atoms with Gasteiger partial charge in [-0.05, 0) is 60.9 Å². The minimum atomic E-state index is -3.93. The molecule has 0 fully saturated rings. The van der Waals surface area contributed by atoms with Crippen molar-refractivity contribution in [3.05, 3.63) is 95.8 Å². The first kappa shape index (κ1) is 30.6. The van der Waals surface area contributed by atoms with Crippen LogP contribution in [0, 0.1) is 5.82 Å². The molecule has 0 bridgehead atoms. The predicted octanol–water partition coefficient (Wildman–Crippen LogP) is 4.16. The molecule has 2 amide bonds. The van der Waals surface area contributed by atoms with Gasteiger partial charge >= 0.3 is 0 Å². The van der Waals surface area contributed by atoms with Gasteiger partial charge in [-0.3, -0.25) is 13.9 Å². The number of hydrogen-bond donors (Lipinski definition) is 1. The number of carbonyl (C=O) groups is 2. The van der Waals surface area contributed by atoms with Crippen molar-refractivity contribution in [2.24, 2.45) is 0 Å². The summed E-state index contributed by atoms with van der Waals surface area (Å²) in [5.74, 6) is -0.884. The fourth-order valence-electron chi connectivity index (χ4n) is 4.18. The van der Waals surface area contributed by atoms with Crippen LogP contribution in [0.5, 0.6) is 5.75 Å². The molecule has 0 heterocycles. The number of carbonyl (C=O) groups excluding carboxylic acids is 2. The number of nitrogens with zero attached hydrogens (tertiary/aromatic N) is 2. The van der Waals surface area contributed by atoms with Gasteiger partial charge in [0.05, 0.1) is 19.1 Å². The molecule has 1 N–H and O–H groups in total. The Morgan fingerprint density at radius 2 is 1.62 bits per heavy atom. The van der Waals surface area contributed by atoms with Gasteiger partial charge in [0.1, 0.15) is 24.2 Å². The number of ether oxygens (including phenoxy) is 1. The third-order valence-corrected chi connectivity index (χ3v) is 7.69. The molecule has 40 heavy (non-hydrogen) atoms. The van der Waals surface area contributed by atoms with Crippen LogP contribution in [-0.2, 0) is 32.6 Å². The zero-order chi connectivity index (χ0) is 29.3. The van der Waals surface area contributed by atoms with Crippen molar-refractivity contribution in [3.63, 3.8) is 0 Å². The van der Waals surface area contributed by atoms with E-state index in [-0.39, 0.29) is 30.6 Å². The number of hydrogen-bond acceptors (Lipinski definition) is 5. The average molecular weight is 570 g/mol. The van der Waals surface area contributed by atoms with Crippen LogP contribution in [-0.4, -0.2) is 57.1 Å². The summed E-state index contributed by atoms with van der Waals surface area (Å²) in [6.07, 6.45) is 1.89. The van der Waals surface area contributed by atoms with Crippen LogP contribution in [0.25, 0.3) is 0 Å². The lowest BCUT2D eigenvalue weighted by Crippen LogP contribution is -2.54. The first-order valence-electron chi connectivity index (χ1n) is 13.0. The summed E-state index contributed by atoms with van der Waals surface area (Å²) >= 11 is 0. The fourth-order valence-corrected chi connectivity index (χ4v) is 5.03. The first-order valence-corrected chi connectivity index (χ1v) is 14.9. The molecular weight excluding hydrogens is 533 g/mol. The summed E-state index contributed by atoms with van der Waals surface area (Å²) in [4.78, 5) is 29.1. The summed E-state index contributed by atoms with van der Waals surface area (Å²) < 4.78 is 45.4. The van der Waals surface area contributed by atoms with Gasteiger partial charge in [-0.15, -0.1) is 0 Å². The maximum atomic E-state index is 14.0. The quantitative estimate of drug-likeness (QED) is 0.334. The molecule has 3 aromatic carbocycles. The van der Waals surface area contributed by atoms with Crippen molar-refractivity contribution in [3.8, 4) is 5.75 Å². The maximum Gasteiger partial charge on any atom is 0.244 e. The molecule has 2 atom stereocenters. The largest absolute Gasteiger partial charge is 0.497 e. The van der Waals surface area contributed by atoms with Crippen LogP contribution in [0.3, 0.4) is 0 Å². The Bertz CT molecular complexity index is 1380. The molecule has 10 heteroatoms. The molecular formula is C30H36FN3O5S. The number of sulfonamides is 1. The second kappa shape index (κ2) is 13.9. The number of amides is 2. The summed E-state index contributed by atoms with van der Waals surface area (Å²) in [6.45, 7) is 3.29. The van der Waals surface area contributed by atoms with Gasteiger partial charge in [-0.1, -0.05) is 49.4 Å². The highest BCUT2D eigenvalue weighted by Gasteiger charge is 2.33. The normalized spacial score (nSPS) is 12.7. The maximum absolute atomic E-state index is 14.0. The SMILES string of the molecule is CC[C@H](C)NC(=O)[C@H](Cc1ccccc1)N(Cc1cccc(OC)c1)C(=O)CN(c1ccc(F)cc1)S(C)(=O)=O. The van der Waals surface area contributed by atoms with E-state index in [1.807, 2.05) is 50.2 Å². The van der Waals surface area contributed by atoms with Crippen molar-refractivity contribution in [2.45, 2.75) is 45.3 Å². The third-order valence-electron chi connectivity index (χ3n) is 6.55. The number of halogens is 1. The van der Waals surface area contributed by atoms with Crippen LogP contribution < -0.4 is 14.4 Å². The Labute approximate surface area is 235 Å². The minimum absolute atomic E-state index is 0.0302. The molecule has 3 aromatic rings. The van der Waals surface area contributed by atoms with E-state index in [4.69, 9.17) is 4.74 Å². The number of methoxy groups -OCH3 is 1. The molecule has 214 valence electrons. The predicted molar refractivity (Wildman–Crippen MR) is 154 cm³/mol. The van der Waals surface area contributed by atoms with E-state index in [1.54, 1.807) is 18.2 Å². The molecule has 0 radical (unpaired) electrons. The molecule has 0 saturated heterocycles. The van der Waals surface area contributed by atoms with E-state index in [1.165, 1.54) is 24.1 Å². The van der Waals surface area contributed by atoms with Crippen molar-refractivity contribution < 1.29 is 27.1 Å². The van der Waals surface area contributed by atoms with E-state index < -0.39 is 34.3 Å². The average Bonchev–Trinajstić information content (AvgIpc) is 2.94. The van der Waals surface area contributed by atoms with E-state index in [0.29, 0.717) is 17.7 Å². The lowest BCUT2D eigenvalue weighted by molar-refractivity contribution is -0.140. The summed E-state index contributed by atoms with van der Waals surface area (Å²) in [7, 11) is -2.39. The number of benzene rings is 3. The van der Waals surface area contributed by atoms with Gasteiger partial charge in [0.25, 0.3) is 0 Å². The van der Waals surface area contributed by atoms with Gasteiger partial charge in [0, 0.05) is 19.0 Å². The zero-order valence-electron chi connectivity index (χ0n) is 23.2. The zero-order valence-corrected chi connectivity index (χ0v) is 24.0. The van der Waals surface area contributed by atoms with Gasteiger partial charge < -0.3 is 15.0 Å². The van der Waals surface area contributed by atoms with Crippen LogP contribution >= 0.6 is 0 Å². The van der Waals surface area contributed by atoms with Gasteiger partial charge in [-0.25, -0.2) is 12.8 Å². The molecule has 0 spiro atoms. The second-order valence-corrected chi connectivity index (χ2v) is 11.5. The van der Waals surface area contributed by atoms with Crippen molar-refractivity contribution >= 4 is 27.5 Å². The highest BCUT2D eigenvalue weighted by Crippen LogP contribution is 2.22. The molecule has 0 aliphatic carbocycles. The van der Waals surface area contributed by atoms with Crippen LogP contribution in [0.4, 0.5) is 10.1 Å². The standard InChI is InChI=1S/C30H36FN3O5S/c1-5-22(2)32-30(36)28(19-23-10-7-6-8-11-23)33(20-24-12-9-13-27(18-24)39-3)29(35)21-34(40(4,37)38)26-16-14-25(31)15-17-26/h6-18,22,28H,5,19-21H2,1-4H3,(H,32,36)/t22-,28-/m0/s1. The van der Waals surface area contributed by atoms with Crippen LogP contribution in [0.1, 0.15) is 31.4 Å². The highest BCUT2D eigenvalue weighted by molar-refractivity contribution is 7.92. The lowest BCUT2D eigenvalue weighted by Gasteiger charge is -2.34. The Morgan fingerprint density at radius 3 is 2.23 bits per heavy atom. The fraction of sp³-hybridized carbons (Fsp3) is 0.333. The summed E-state index contributed by atoms with van der Waals surface area (Å²) in [5.41, 5.74) is 1.69. The Balaban J connectivity index is 2.06. The van der Waals surface area contributed by atoms with E-state index in [2.05, 4.69) is 5.32 Å². The molecule has 0 unspecified atom stereocenters. The topological polar surface area (TPSA) is 96.0 Å². The molecule has 3 rings (SSSR count). The van der Waals surface area contributed by atoms with Crippen molar-refractivity contribution in [2.75, 3.05) is 24.2 Å². The van der Waals surface area contributed by atoms with E-state index in [0.717, 1.165) is 28.3 Å². The van der Waals surface area contributed by atoms with Gasteiger partial charge in [0.2, 0.25) is 21.8 Å². The van der Waals surface area contributed by atoms with Gasteiger partial charge in [-0.2, -0.15) is 0 Å². The van der Waals surface area contributed by atoms with Crippen LogP contribution in [0.2, 0.25) is 0 Å².